The fraction of sp³-hybridized carbons (Fsp3) is 0.538. The van der Waals surface area contributed by atoms with Crippen LogP contribution in [0.4, 0.5) is 5.69 Å². The highest BCUT2D eigenvalue weighted by Gasteiger charge is 2.45. The summed E-state index contributed by atoms with van der Waals surface area (Å²) in [7, 11) is 0. The van der Waals surface area contributed by atoms with Crippen LogP contribution in [0.25, 0.3) is 0 Å². The third kappa shape index (κ3) is 2.61. The molecule has 98 valence electrons. The number of aromatic nitrogens is 1. The second kappa shape index (κ2) is 4.57. The predicted molar refractivity (Wildman–Crippen MR) is 71.0 cm³/mol. The van der Waals surface area contributed by atoms with Crippen molar-refractivity contribution in [2.45, 2.75) is 27.2 Å². The molecule has 1 aliphatic rings. The monoisotopic (exact) mass is 248 g/mol. The molecular formula is C13H20N4O. The van der Waals surface area contributed by atoms with Crippen LogP contribution in [-0.4, -0.2) is 17.4 Å². The van der Waals surface area contributed by atoms with E-state index in [9.17, 15) is 4.79 Å². The highest BCUT2D eigenvalue weighted by Crippen LogP contribution is 2.50. The molecule has 1 unspecified atom stereocenters. The van der Waals surface area contributed by atoms with Gasteiger partial charge in [-0.3, -0.25) is 15.6 Å². The largest absolute Gasteiger partial charge is 0.352 e. The highest BCUT2D eigenvalue weighted by molar-refractivity contribution is 5.99. The minimum atomic E-state index is -0.127. The molecule has 5 nitrogen and oxygen atoms in total. The number of hydrogen-bond acceptors (Lipinski definition) is 4. The van der Waals surface area contributed by atoms with Crippen LogP contribution in [0.15, 0.2) is 12.3 Å². The van der Waals surface area contributed by atoms with Gasteiger partial charge >= 0.3 is 0 Å². The summed E-state index contributed by atoms with van der Waals surface area (Å²) in [5.74, 6) is 5.86. The number of anilines is 1. The quantitative estimate of drug-likeness (QED) is 0.556. The van der Waals surface area contributed by atoms with Gasteiger partial charge < -0.3 is 10.7 Å². The van der Waals surface area contributed by atoms with Crippen molar-refractivity contribution in [3.05, 3.63) is 23.5 Å². The number of rotatable bonds is 4. The number of amides is 1. The maximum Gasteiger partial charge on any atom is 0.255 e. The van der Waals surface area contributed by atoms with Crippen molar-refractivity contribution >= 4 is 11.6 Å². The maximum atomic E-state index is 12.0. The molecule has 0 aromatic carbocycles. The van der Waals surface area contributed by atoms with E-state index in [1.807, 2.05) is 6.92 Å². The Kier molecular flexibility index (Phi) is 3.26. The van der Waals surface area contributed by atoms with Crippen molar-refractivity contribution in [3.8, 4) is 0 Å². The van der Waals surface area contributed by atoms with Crippen LogP contribution in [0, 0.1) is 18.3 Å². The summed E-state index contributed by atoms with van der Waals surface area (Å²) in [5, 5.41) is 2.94. The first kappa shape index (κ1) is 12.8. The SMILES string of the molecule is Cc1cc(NN)c(C(=O)NCC2CC2(C)C)cn1. The lowest BCUT2D eigenvalue weighted by Gasteiger charge is -2.10. The van der Waals surface area contributed by atoms with Crippen molar-refractivity contribution in [2.75, 3.05) is 12.0 Å². The number of pyridine rings is 1. The van der Waals surface area contributed by atoms with Gasteiger partial charge in [-0.05, 0) is 30.7 Å². The van der Waals surface area contributed by atoms with Gasteiger partial charge in [0.25, 0.3) is 5.91 Å². The summed E-state index contributed by atoms with van der Waals surface area (Å²) in [4.78, 5) is 16.2. The minimum absolute atomic E-state index is 0.127. The smallest absolute Gasteiger partial charge is 0.255 e. The van der Waals surface area contributed by atoms with Crippen LogP contribution in [0.3, 0.4) is 0 Å². The number of aryl methyl sites for hydroxylation is 1. The lowest BCUT2D eigenvalue weighted by atomic mass is 10.1. The molecule has 0 bridgehead atoms. The van der Waals surface area contributed by atoms with E-state index in [1.54, 1.807) is 12.3 Å². The van der Waals surface area contributed by atoms with Gasteiger partial charge in [0, 0.05) is 18.4 Å². The zero-order valence-electron chi connectivity index (χ0n) is 11.1. The van der Waals surface area contributed by atoms with Crippen molar-refractivity contribution in [1.82, 2.24) is 10.3 Å². The summed E-state index contributed by atoms with van der Waals surface area (Å²) in [6.07, 6.45) is 2.72. The predicted octanol–water partition coefficient (Wildman–Crippen LogP) is 1.45. The third-order valence-corrected chi connectivity index (χ3v) is 3.67. The van der Waals surface area contributed by atoms with Crippen molar-refractivity contribution < 1.29 is 4.79 Å². The number of nitrogens with two attached hydrogens (primary N) is 1. The number of hydrogen-bond donors (Lipinski definition) is 3. The average molecular weight is 248 g/mol. The fourth-order valence-corrected chi connectivity index (χ4v) is 2.10. The summed E-state index contributed by atoms with van der Waals surface area (Å²) < 4.78 is 0. The van der Waals surface area contributed by atoms with Crippen molar-refractivity contribution in [2.24, 2.45) is 17.2 Å². The Morgan fingerprint density at radius 1 is 1.61 bits per heavy atom. The lowest BCUT2D eigenvalue weighted by Crippen LogP contribution is -2.28. The molecule has 2 rings (SSSR count). The zero-order valence-corrected chi connectivity index (χ0v) is 11.1. The molecule has 18 heavy (non-hydrogen) atoms. The Balaban J connectivity index is 2.00. The Labute approximate surface area is 107 Å². The van der Waals surface area contributed by atoms with Gasteiger partial charge in [-0.25, -0.2) is 0 Å². The second-order valence-corrected chi connectivity index (χ2v) is 5.62. The maximum absolute atomic E-state index is 12.0. The number of nitrogens with zero attached hydrogens (tertiary/aromatic N) is 1. The summed E-state index contributed by atoms with van der Waals surface area (Å²) in [6, 6.07) is 1.76. The molecule has 1 heterocycles. The van der Waals surface area contributed by atoms with E-state index in [0.717, 1.165) is 5.69 Å². The molecule has 0 radical (unpaired) electrons. The van der Waals surface area contributed by atoms with Crippen LogP contribution in [0.1, 0.15) is 36.3 Å². The molecule has 5 heteroatoms. The molecule has 0 saturated heterocycles. The summed E-state index contributed by atoms with van der Waals surface area (Å²) >= 11 is 0. The number of nitrogen functional groups attached to an aromatic ring is 1. The Hall–Kier alpha value is -1.62. The standard InChI is InChI=1S/C13H20N4O/c1-8-4-11(17-14)10(7-15-8)12(18)16-6-9-5-13(9,2)3/h4,7,9H,5-6,14H2,1-3H3,(H,15,17)(H,16,18). The van der Waals surface area contributed by atoms with Gasteiger partial charge in [0.05, 0.1) is 11.3 Å². The van der Waals surface area contributed by atoms with Gasteiger partial charge in [-0.1, -0.05) is 13.8 Å². The zero-order chi connectivity index (χ0) is 13.3. The summed E-state index contributed by atoms with van der Waals surface area (Å²) in [6.45, 7) is 6.99. The minimum Gasteiger partial charge on any atom is -0.352 e. The lowest BCUT2D eigenvalue weighted by molar-refractivity contribution is 0.0951. The normalized spacial score (nSPS) is 20.3. The number of nitrogens with one attached hydrogen (secondary N) is 2. The molecule has 0 spiro atoms. The molecule has 1 saturated carbocycles. The first-order chi connectivity index (χ1) is 8.44. The molecule has 1 aromatic rings. The molecule has 0 aliphatic heterocycles. The van der Waals surface area contributed by atoms with E-state index in [2.05, 4.69) is 29.6 Å². The fourth-order valence-electron chi connectivity index (χ4n) is 2.10. The first-order valence-electron chi connectivity index (χ1n) is 6.15. The number of hydrazine groups is 1. The highest BCUT2D eigenvalue weighted by atomic mass is 16.1. The van der Waals surface area contributed by atoms with E-state index in [-0.39, 0.29) is 5.91 Å². The first-order valence-corrected chi connectivity index (χ1v) is 6.15. The van der Waals surface area contributed by atoms with Gasteiger partial charge in [-0.15, -0.1) is 0 Å². The molecule has 1 fully saturated rings. The van der Waals surface area contributed by atoms with E-state index >= 15 is 0 Å². The Morgan fingerprint density at radius 3 is 2.83 bits per heavy atom. The van der Waals surface area contributed by atoms with Crippen molar-refractivity contribution in [3.63, 3.8) is 0 Å². The van der Waals surface area contributed by atoms with E-state index in [1.165, 1.54) is 6.42 Å². The Morgan fingerprint density at radius 2 is 2.28 bits per heavy atom. The van der Waals surface area contributed by atoms with Gasteiger partial charge in [0.15, 0.2) is 0 Å². The number of carbonyl (C=O) groups excluding carboxylic acids is 1. The van der Waals surface area contributed by atoms with Crippen molar-refractivity contribution in [1.29, 1.82) is 0 Å². The van der Waals surface area contributed by atoms with E-state index in [4.69, 9.17) is 5.84 Å². The van der Waals surface area contributed by atoms with Crippen LogP contribution in [0.2, 0.25) is 0 Å². The van der Waals surface area contributed by atoms with Crippen LogP contribution < -0.4 is 16.6 Å². The summed E-state index contributed by atoms with van der Waals surface area (Å²) in [5.41, 5.74) is 4.82. The molecule has 1 aromatic heterocycles. The van der Waals surface area contributed by atoms with Crippen LogP contribution >= 0.6 is 0 Å². The molecule has 1 aliphatic carbocycles. The average Bonchev–Trinajstić information content (AvgIpc) is 2.94. The van der Waals surface area contributed by atoms with E-state index in [0.29, 0.717) is 29.1 Å². The van der Waals surface area contributed by atoms with Gasteiger partial charge in [0.1, 0.15) is 0 Å². The Bertz CT molecular complexity index is 470. The second-order valence-electron chi connectivity index (χ2n) is 5.62. The molecule has 1 atom stereocenters. The van der Waals surface area contributed by atoms with Gasteiger partial charge in [-0.2, -0.15) is 0 Å². The number of carbonyl (C=O) groups is 1. The third-order valence-electron chi connectivity index (χ3n) is 3.67. The molecule has 1 amide bonds. The topological polar surface area (TPSA) is 80.0 Å². The molecule has 4 N–H and O–H groups in total. The van der Waals surface area contributed by atoms with Crippen LogP contribution in [-0.2, 0) is 0 Å². The van der Waals surface area contributed by atoms with Crippen LogP contribution in [0.5, 0.6) is 0 Å². The van der Waals surface area contributed by atoms with Gasteiger partial charge in [0.2, 0.25) is 0 Å². The molecular weight excluding hydrogens is 228 g/mol. The van der Waals surface area contributed by atoms with E-state index < -0.39 is 0 Å².